The smallest absolute Gasteiger partial charge is 0.460 e. The Morgan fingerprint density at radius 3 is 1.79 bits per heavy atom. The van der Waals surface area contributed by atoms with Crippen molar-refractivity contribution in [3.63, 3.8) is 0 Å². The normalized spacial score (nSPS) is 11.1. The van der Waals surface area contributed by atoms with E-state index in [9.17, 15) is 19.2 Å². The van der Waals surface area contributed by atoms with Crippen LogP contribution < -0.4 is 14.2 Å². The highest BCUT2D eigenvalue weighted by molar-refractivity contribution is 5.91. The van der Waals surface area contributed by atoms with E-state index in [2.05, 4.69) is 6.58 Å². The number of carbonyl (C=O) groups excluding carboxylic acids is 4. The van der Waals surface area contributed by atoms with E-state index in [0.717, 1.165) is 28.3 Å². The lowest BCUT2D eigenvalue weighted by molar-refractivity contribution is -0.139. The van der Waals surface area contributed by atoms with Gasteiger partial charge in [0.1, 0.15) is 30.5 Å². The summed E-state index contributed by atoms with van der Waals surface area (Å²) >= 11 is 0. The maximum Gasteiger partial charge on any atom is 0.513 e. The van der Waals surface area contributed by atoms with E-state index >= 15 is 0 Å². The highest BCUT2D eigenvalue weighted by atomic mass is 16.7. The molecule has 0 radical (unpaired) electrons. The predicted octanol–water partition coefficient (Wildman–Crippen LogP) is 4.68. The van der Waals surface area contributed by atoms with Crippen LogP contribution in [0, 0.1) is 0 Å². The van der Waals surface area contributed by atoms with Crippen molar-refractivity contribution in [3.8, 4) is 28.4 Å². The quantitative estimate of drug-likeness (QED) is 0.0666. The lowest BCUT2D eigenvalue weighted by atomic mass is 10.1. The Morgan fingerprint density at radius 2 is 1.21 bits per heavy atom. The van der Waals surface area contributed by atoms with Gasteiger partial charge in [-0.25, -0.2) is 14.4 Å². The Morgan fingerprint density at radius 1 is 0.674 bits per heavy atom. The Hall–Kier alpha value is -5.00. The van der Waals surface area contributed by atoms with Crippen molar-refractivity contribution in [2.75, 3.05) is 39.6 Å². The summed E-state index contributed by atoms with van der Waals surface area (Å²) in [5.41, 5.74) is 4.34. The van der Waals surface area contributed by atoms with Crippen molar-refractivity contribution in [1.82, 2.24) is 0 Å². The van der Waals surface area contributed by atoms with E-state index in [4.69, 9.17) is 33.2 Å². The van der Waals surface area contributed by atoms with Crippen LogP contribution in [0.1, 0.15) is 28.4 Å². The molecule has 224 valence electrons. The van der Waals surface area contributed by atoms with Crippen molar-refractivity contribution in [2.45, 2.75) is 13.3 Å². The number of hydrogen-bond donors (Lipinski definition) is 0. The first-order valence-electron chi connectivity index (χ1n) is 13.4. The number of rotatable bonds is 14. The highest BCUT2D eigenvalue weighted by Crippen LogP contribution is 2.40. The zero-order valence-electron chi connectivity index (χ0n) is 23.5. The molecule has 3 aromatic rings. The molecule has 4 rings (SSSR count). The Kier molecular flexibility index (Phi) is 11.0. The molecule has 0 aliphatic heterocycles. The molecule has 0 unspecified atom stereocenters. The number of hydrogen-bond acceptors (Lipinski definition) is 11. The first kappa shape index (κ1) is 30.9. The van der Waals surface area contributed by atoms with Gasteiger partial charge in [-0.05, 0) is 77.2 Å². The summed E-state index contributed by atoms with van der Waals surface area (Å²) in [6.45, 7) is 5.65. The van der Waals surface area contributed by atoms with Gasteiger partial charge in [-0.3, -0.25) is 4.79 Å². The molecule has 0 N–H and O–H groups in total. The summed E-state index contributed by atoms with van der Waals surface area (Å²) in [4.78, 5) is 46.8. The molecule has 0 saturated heterocycles. The van der Waals surface area contributed by atoms with Crippen LogP contribution in [0.5, 0.6) is 17.2 Å². The third-order valence-electron chi connectivity index (χ3n) is 6.05. The molecule has 0 aromatic heterocycles. The van der Waals surface area contributed by atoms with Gasteiger partial charge in [-0.2, -0.15) is 0 Å². The van der Waals surface area contributed by atoms with E-state index in [0.29, 0.717) is 17.9 Å². The molecule has 1 aliphatic carbocycles. The van der Waals surface area contributed by atoms with Crippen LogP contribution in [0.25, 0.3) is 11.1 Å². The molecule has 3 aromatic carbocycles. The Balaban J connectivity index is 1.16. The van der Waals surface area contributed by atoms with E-state index < -0.39 is 18.1 Å². The molecule has 11 nitrogen and oxygen atoms in total. The number of esters is 3. The summed E-state index contributed by atoms with van der Waals surface area (Å²) in [6, 6.07) is 16.8. The van der Waals surface area contributed by atoms with E-state index in [-0.39, 0.29) is 56.9 Å². The summed E-state index contributed by atoms with van der Waals surface area (Å²) in [5.74, 6) is -0.393. The lowest BCUT2D eigenvalue weighted by Gasteiger charge is -2.09. The van der Waals surface area contributed by atoms with E-state index in [1.54, 1.807) is 12.1 Å². The van der Waals surface area contributed by atoms with Crippen LogP contribution in [0.2, 0.25) is 0 Å². The summed E-state index contributed by atoms with van der Waals surface area (Å²) in [6.07, 6.45) is 0.769. The Bertz CT molecular complexity index is 1480. The second kappa shape index (κ2) is 15.3. The first-order valence-corrected chi connectivity index (χ1v) is 13.4. The predicted molar refractivity (Wildman–Crippen MR) is 152 cm³/mol. The molecular formula is C32H30O11. The van der Waals surface area contributed by atoms with Crippen LogP contribution in [-0.4, -0.2) is 63.7 Å². The second-order valence-corrected chi connectivity index (χ2v) is 9.12. The van der Waals surface area contributed by atoms with Gasteiger partial charge in [-0.15, -0.1) is 0 Å². The highest BCUT2D eigenvalue weighted by Gasteiger charge is 2.21. The van der Waals surface area contributed by atoms with Crippen LogP contribution in [-0.2, 0) is 35.0 Å². The van der Waals surface area contributed by atoms with Gasteiger partial charge in [0.25, 0.3) is 0 Å². The average Bonchev–Trinajstić information content (AvgIpc) is 3.34. The van der Waals surface area contributed by atoms with Gasteiger partial charge in [-0.1, -0.05) is 18.7 Å². The fourth-order valence-electron chi connectivity index (χ4n) is 4.17. The fraction of sp³-hybridized carbons (Fsp3) is 0.250. The number of carbonyl (C=O) groups is 4. The molecule has 0 spiro atoms. The number of benzene rings is 3. The molecular weight excluding hydrogens is 560 g/mol. The molecule has 0 bridgehead atoms. The van der Waals surface area contributed by atoms with Crippen LogP contribution in [0.4, 0.5) is 4.79 Å². The summed E-state index contributed by atoms with van der Waals surface area (Å²) < 4.78 is 36.1. The molecule has 43 heavy (non-hydrogen) atoms. The van der Waals surface area contributed by atoms with Gasteiger partial charge in [0.2, 0.25) is 0 Å². The van der Waals surface area contributed by atoms with Gasteiger partial charge in [0, 0.05) is 13.0 Å². The van der Waals surface area contributed by atoms with Crippen LogP contribution >= 0.6 is 0 Å². The summed E-state index contributed by atoms with van der Waals surface area (Å²) in [5, 5.41) is 0. The van der Waals surface area contributed by atoms with Crippen molar-refractivity contribution < 1.29 is 52.3 Å². The zero-order valence-corrected chi connectivity index (χ0v) is 23.5. The fourth-order valence-corrected chi connectivity index (χ4v) is 4.17. The maximum absolute atomic E-state index is 12.7. The molecule has 0 atom stereocenters. The first-order chi connectivity index (χ1) is 20.8. The molecule has 0 saturated carbocycles. The largest absolute Gasteiger partial charge is 0.513 e. The second-order valence-electron chi connectivity index (χ2n) is 9.12. The zero-order chi connectivity index (χ0) is 30.6. The number of fused-ring (bicyclic) bond motifs is 3. The minimum atomic E-state index is -0.918. The van der Waals surface area contributed by atoms with Crippen molar-refractivity contribution in [2.24, 2.45) is 0 Å². The average molecular weight is 591 g/mol. The third kappa shape index (κ3) is 9.25. The standard InChI is InChI=1S/C32H30O11/c1-3-30(34)39-16-14-37-12-13-38-15-17-40-32(36)43-25-6-4-22(5-7-25)31(35)42-27-9-11-29-24(20-27)18-23-19-26(41-21(2)33)8-10-28(23)29/h3-11,19-20H,1,12-18H2,2H3. The summed E-state index contributed by atoms with van der Waals surface area (Å²) in [7, 11) is 0. The molecule has 0 fully saturated rings. The molecule has 1 aliphatic rings. The van der Waals surface area contributed by atoms with Crippen LogP contribution in [0.3, 0.4) is 0 Å². The van der Waals surface area contributed by atoms with E-state index in [1.807, 2.05) is 24.3 Å². The van der Waals surface area contributed by atoms with Gasteiger partial charge in [0.05, 0.1) is 32.0 Å². The van der Waals surface area contributed by atoms with Gasteiger partial charge < -0.3 is 33.2 Å². The van der Waals surface area contributed by atoms with Crippen molar-refractivity contribution in [1.29, 1.82) is 0 Å². The third-order valence-corrected chi connectivity index (χ3v) is 6.05. The topological polar surface area (TPSA) is 133 Å². The van der Waals surface area contributed by atoms with Gasteiger partial charge >= 0.3 is 24.1 Å². The van der Waals surface area contributed by atoms with Gasteiger partial charge in [0.15, 0.2) is 0 Å². The van der Waals surface area contributed by atoms with Crippen molar-refractivity contribution in [3.05, 3.63) is 90.0 Å². The molecule has 0 heterocycles. The lowest BCUT2D eigenvalue weighted by Crippen LogP contribution is -2.16. The monoisotopic (exact) mass is 590 g/mol. The maximum atomic E-state index is 12.7. The molecule has 0 amide bonds. The van der Waals surface area contributed by atoms with E-state index in [1.165, 1.54) is 31.2 Å². The van der Waals surface area contributed by atoms with Crippen molar-refractivity contribution >= 4 is 24.1 Å². The Labute approximate surface area is 247 Å². The minimum absolute atomic E-state index is 0.0284. The SMILES string of the molecule is C=CC(=O)OCCOCCOCCOC(=O)Oc1ccc(C(=O)Oc2ccc3c(c2)Cc2cc(OC(C)=O)ccc2-3)cc1. The minimum Gasteiger partial charge on any atom is -0.460 e. The molecule has 11 heteroatoms. The number of ether oxygens (including phenoxy) is 7. The van der Waals surface area contributed by atoms with Crippen LogP contribution in [0.15, 0.2) is 73.3 Å².